The second kappa shape index (κ2) is 8.05. The Labute approximate surface area is 160 Å². The maximum Gasteiger partial charge on any atom is 0.225 e. The molecule has 0 bridgehead atoms. The summed E-state index contributed by atoms with van der Waals surface area (Å²) in [6.07, 6.45) is 4.09. The van der Waals surface area contributed by atoms with Crippen molar-refractivity contribution in [2.24, 2.45) is 0 Å². The van der Waals surface area contributed by atoms with Gasteiger partial charge in [0.05, 0.1) is 25.5 Å². The molecule has 27 heavy (non-hydrogen) atoms. The van der Waals surface area contributed by atoms with Crippen molar-refractivity contribution in [1.82, 2.24) is 14.9 Å². The molecule has 6 nitrogen and oxygen atoms in total. The molecular formula is C21H26N4O2. The number of carbonyl (C=O) groups excluding carboxylic acids is 1. The van der Waals surface area contributed by atoms with Crippen LogP contribution in [0.5, 0.6) is 0 Å². The first-order chi connectivity index (χ1) is 13.2. The lowest BCUT2D eigenvalue weighted by Crippen LogP contribution is -2.39. The number of hydrogen-bond acceptors (Lipinski definition) is 5. The highest BCUT2D eigenvalue weighted by atomic mass is 16.5. The average Bonchev–Trinajstić information content (AvgIpc) is 2.73. The van der Waals surface area contributed by atoms with E-state index in [1.54, 1.807) is 0 Å². The number of anilines is 1. The Hall–Kier alpha value is -2.47. The zero-order valence-corrected chi connectivity index (χ0v) is 15.9. The fourth-order valence-electron chi connectivity index (χ4n) is 3.71. The van der Waals surface area contributed by atoms with Gasteiger partial charge in [0.25, 0.3) is 0 Å². The fourth-order valence-corrected chi connectivity index (χ4v) is 3.71. The van der Waals surface area contributed by atoms with E-state index in [1.807, 2.05) is 23.2 Å². The van der Waals surface area contributed by atoms with Gasteiger partial charge in [-0.2, -0.15) is 0 Å². The molecule has 1 aromatic carbocycles. The van der Waals surface area contributed by atoms with Crippen LogP contribution in [0.1, 0.15) is 28.8 Å². The van der Waals surface area contributed by atoms with Crippen molar-refractivity contribution in [1.29, 1.82) is 0 Å². The first-order valence-corrected chi connectivity index (χ1v) is 9.70. The summed E-state index contributed by atoms with van der Waals surface area (Å²) < 4.78 is 5.40. The van der Waals surface area contributed by atoms with Gasteiger partial charge in [0, 0.05) is 32.3 Å². The van der Waals surface area contributed by atoms with Crippen LogP contribution < -0.4 is 4.90 Å². The quantitative estimate of drug-likeness (QED) is 0.830. The van der Waals surface area contributed by atoms with Crippen molar-refractivity contribution >= 4 is 11.9 Å². The summed E-state index contributed by atoms with van der Waals surface area (Å²) in [7, 11) is 0. The standard InChI is InChI=1S/C21H26N4O2/c1-16-4-2-3-5-17(16)6-7-20(26)25-9-8-18-14-22-21(23-19(18)15-25)24-10-12-27-13-11-24/h2-5,14H,6-13,15H2,1H3. The van der Waals surface area contributed by atoms with Crippen LogP contribution in [0.4, 0.5) is 5.95 Å². The Morgan fingerprint density at radius 2 is 2.00 bits per heavy atom. The lowest BCUT2D eigenvalue weighted by Gasteiger charge is -2.31. The number of ether oxygens (including phenoxy) is 1. The molecule has 0 radical (unpaired) electrons. The first kappa shape index (κ1) is 17.9. The molecular weight excluding hydrogens is 340 g/mol. The molecule has 0 unspecified atom stereocenters. The van der Waals surface area contributed by atoms with Crippen molar-refractivity contribution in [2.75, 3.05) is 37.7 Å². The van der Waals surface area contributed by atoms with Crippen molar-refractivity contribution in [3.8, 4) is 0 Å². The largest absolute Gasteiger partial charge is 0.378 e. The van der Waals surface area contributed by atoms with E-state index in [4.69, 9.17) is 9.72 Å². The number of rotatable bonds is 4. The van der Waals surface area contributed by atoms with Crippen molar-refractivity contribution in [2.45, 2.75) is 32.7 Å². The average molecular weight is 366 g/mol. The summed E-state index contributed by atoms with van der Waals surface area (Å²) in [5.41, 5.74) is 4.65. The van der Waals surface area contributed by atoms with E-state index in [-0.39, 0.29) is 5.91 Å². The Balaban J connectivity index is 1.40. The van der Waals surface area contributed by atoms with Crippen molar-refractivity contribution < 1.29 is 9.53 Å². The van der Waals surface area contributed by atoms with E-state index in [9.17, 15) is 4.79 Å². The molecule has 0 N–H and O–H groups in total. The van der Waals surface area contributed by atoms with Crippen molar-refractivity contribution in [3.05, 3.63) is 52.8 Å². The molecule has 3 heterocycles. The molecule has 1 amide bonds. The molecule has 0 spiro atoms. The Morgan fingerprint density at radius 3 is 2.81 bits per heavy atom. The highest BCUT2D eigenvalue weighted by molar-refractivity contribution is 5.76. The Bertz CT molecular complexity index is 818. The summed E-state index contributed by atoms with van der Waals surface area (Å²) in [6, 6.07) is 8.28. The smallest absolute Gasteiger partial charge is 0.225 e. The van der Waals surface area contributed by atoms with Gasteiger partial charge in [0.1, 0.15) is 0 Å². The monoisotopic (exact) mass is 366 g/mol. The number of nitrogens with zero attached hydrogens (tertiary/aromatic N) is 4. The predicted molar refractivity (Wildman–Crippen MR) is 104 cm³/mol. The minimum atomic E-state index is 0.204. The number of aromatic nitrogens is 2. The second-order valence-corrected chi connectivity index (χ2v) is 7.23. The number of fused-ring (bicyclic) bond motifs is 1. The van der Waals surface area contributed by atoms with Gasteiger partial charge in [-0.15, -0.1) is 0 Å². The maximum atomic E-state index is 12.7. The SMILES string of the molecule is Cc1ccccc1CCC(=O)N1CCc2cnc(N3CCOCC3)nc2C1. The van der Waals surface area contributed by atoms with Crippen LogP contribution in [-0.2, 0) is 28.9 Å². The van der Waals surface area contributed by atoms with Crippen LogP contribution in [0.3, 0.4) is 0 Å². The van der Waals surface area contributed by atoms with E-state index >= 15 is 0 Å². The summed E-state index contributed by atoms with van der Waals surface area (Å²) in [6.45, 7) is 6.49. The van der Waals surface area contributed by atoms with Gasteiger partial charge < -0.3 is 14.5 Å². The number of hydrogen-bond donors (Lipinski definition) is 0. The highest BCUT2D eigenvalue weighted by Crippen LogP contribution is 2.21. The van der Waals surface area contributed by atoms with E-state index in [0.29, 0.717) is 26.2 Å². The number of aryl methyl sites for hydroxylation is 2. The fraction of sp³-hybridized carbons (Fsp3) is 0.476. The zero-order chi connectivity index (χ0) is 18.6. The third-order valence-corrected chi connectivity index (χ3v) is 5.45. The Morgan fingerprint density at radius 1 is 1.19 bits per heavy atom. The number of morpholine rings is 1. The topological polar surface area (TPSA) is 58.6 Å². The van der Waals surface area contributed by atoms with Crippen molar-refractivity contribution in [3.63, 3.8) is 0 Å². The Kier molecular flexibility index (Phi) is 5.34. The summed E-state index contributed by atoms with van der Waals surface area (Å²) in [5, 5.41) is 0. The highest BCUT2D eigenvalue weighted by Gasteiger charge is 2.23. The molecule has 1 aromatic heterocycles. The molecule has 4 rings (SSSR count). The number of carbonyl (C=O) groups is 1. The van der Waals surface area contributed by atoms with Crippen LogP contribution in [0, 0.1) is 6.92 Å². The molecule has 0 atom stereocenters. The van der Waals surface area contributed by atoms with Gasteiger partial charge >= 0.3 is 0 Å². The molecule has 1 saturated heterocycles. The van der Waals surface area contributed by atoms with Crippen LogP contribution in [-0.4, -0.2) is 53.6 Å². The second-order valence-electron chi connectivity index (χ2n) is 7.23. The number of benzene rings is 1. The summed E-state index contributed by atoms with van der Waals surface area (Å²) in [5.74, 6) is 0.960. The molecule has 2 aliphatic heterocycles. The normalized spacial score (nSPS) is 16.9. The third-order valence-electron chi connectivity index (χ3n) is 5.45. The molecule has 6 heteroatoms. The first-order valence-electron chi connectivity index (χ1n) is 9.70. The third kappa shape index (κ3) is 4.11. The molecule has 2 aromatic rings. The van der Waals surface area contributed by atoms with Gasteiger partial charge in [-0.05, 0) is 36.5 Å². The maximum absolute atomic E-state index is 12.7. The zero-order valence-electron chi connectivity index (χ0n) is 15.9. The van der Waals surface area contributed by atoms with Crippen LogP contribution in [0.25, 0.3) is 0 Å². The van der Waals surface area contributed by atoms with Gasteiger partial charge in [-0.25, -0.2) is 9.97 Å². The summed E-state index contributed by atoms with van der Waals surface area (Å²) in [4.78, 5) is 26.1. The van der Waals surface area contributed by atoms with Gasteiger partial charge in [-0.1, -0.05) is 24.3 Å². The predicted octanol–water partition coefficient (Wildman–Crippen LogP) is 2.14. The number of amides is 1. The van der Waals surface area contributed by atoms with Gasteiger partial charge in [-0.3, -0.25) is 4.79 Å². The van der Waals surface area contributed by atoms with E-state index in [1.165, 1.54) is 11.1 Å². The molecule has 0 saturated carbocycles. The van der Waals surface area contributed by atoms with Crippen LogP contribution in [0.15, 0.2) is 30.5 Å². The minimum absolute atomic E-state index is 0.204. The minimum Gasteiger partial charge on any atom is -0.378 e. The van der Waals surface area contributed by atoms with E-state index in [0.717, 1.165) is 49.7 Å². The van der Waals surface area contributed by atoms with Gasteiger partial charge in [0.2, 0.25) is 11.9 Å². The van der Waals surface area contributed by atoms with E-state index in [2.05, 4.69) is 28.9 Å². The molecule has 2 aliphatic rings. The molecule has 0 aliphatic carbocycles. The molecule has 1 fully saturated rings. The lowest BCUT2D eigenvalue weighted by atomic mass is 10.0. The summed E-state index contributed by atoms with van der Waals surface area (Å²) >= 11 is 0. The molecule has 142 valence electrons. The van der Waals surface area contributed by atoms with Crippen LogP contribution >= 0.6 is 0 Å². The van der Waals surface area contributed by atoms with E-state index < -0.39 is 0 Å². The lowest BCUT2D eigenvalue weighted by molar-refractivity contribution is -0.132. The van der Waals surface area contributed by atoms with Gasteiger partial charge in [0.15, 0.2) is 0 Å². The van der Waals surface area contributed by atoms with Crippen LogP contribution in [0.2, 0.25) is 0 Å².